The molecule has 0 aliphatic rings. The molecule has 134 valence electrons. The van der Waals surface area contributed by atoms with E-state index in [0.717, 1.165) is 24.4 Å². The third-order valence-electron chi connectivity index (χ3n) is 4.17. The first-order valence-electron chi connectivity index (χ1n) is 8.66. The molecule has 0 atom stereocenters. The summed E-state index contributed by atoms with van der Waals surface area (Å²) in [5.41, 5.74) is 2.19. The van der Waals surface area contributed by atoms with Crippen molar-refractivity contribution in [2.24, 2.45) is 0 Å². The lowest BCUT2D eigenvalue weighted by Crippen LogP contribution is -2.25. The average Bonchev–Trinajstić information content (AvgIpc) is 3.11. The number of amides is 1. The number of carbonyl (C=O) groups is 1. The van der Waals surface area contributed by atoms with Gasteiger partial charge in [-0.1, -0.05) is 42.5 Å². The lowest BCUT2D eigenvalue weighted by Gasteiger charge is -2.08. The molecule has 26 heavy (non-hydrogen) atoms. The summed E-state index contributed by atoms with van der Waals surface area (Å²) in [7, 11) is 0. The van der Waals surface area contributed by atoms with Crippen LogP contribution in [0.5, 0.6) is 5.75 Å². The zero-order valence-electron chi connectivity index (χ0n) is 14.5. The standard InChI is InChI=1S/C20H22N4O2/c25-18-8-4-7-17(13-18)9-10-20(26)21-14-19-23-22-15-24(19)12-11-16-5-2-1-3-6-16/h1-8,13,15,25H,9-12,14H2,(H,21,26). The van der Waals surface area contributed by atoms with Crippen molar-refractivity contribution in [3.8, 4) is 5.75 Å². The number of aromatic nitrogens is 3. The van der Waals surface area contributed by atoms with Gasteiger partial charge in [-0.3, -0.25) is 4.79 Å². The Morgan fingerprint density at radius 1 is 1.04 bits per heavy atom. The van der Waals surface area contributed by atoms with Crippen LogP contribution in [-0.2, 0) is 30.7 Å². The molecule has 2 N–H and O–H groups in total. The van der Waals surface area contributed by atoms with Crippen molar-refractivity contribution in [2.45, 2.75) is 32.4 Å². The molecule has 0 fully saturated rings. The van der Waals surface area contributed by atoms with Gasteiger partial charge in [-0.2, -0.15) is 0 Å². The second-order valence-electron chi connectivity index (χ2n) is 6.12. The number of phenolic OH excluding ortho intramolecular Hbond substituents is 1. The van der Waals surface area contributed by atoms with E-state index in [1.165, 1.54) is 5.56 Å². The SMILES string of the molecule is O=C(CCc1cccc(O)c1)NCc1nncn1CCc1ccccc1. The van der Waals surface area contributed by atoms with Gasteiger partial charge in [0.15, 0.2) is 5.82 Å². The van der Waals surface area contributed by atoms with Gasteiger partial charge in [-0.05, 0) is 36.1 Å². The molecule has 0 saturated carbocycles. The molecule has 6 heteroatoms. The van der Waals surface area contributed by atoms with Crippen molar-refractivity contribution in [3.63, 3.8) is 0 Å². The van der Waals surface area contributed by atoms with Crippen LogP contribution < -0.4 is 5.32 Å². The Labute approximate surface area is 152 Å². The molecule has 1 amide bonds. The van der Waals surface area contributed by atoms with Crippen LogP contribution in [0.4, 0.5) is 0 Å². The van der Waals surface area contributed by atoms with Crippen molar-refractivity contribution in [3.05, 3.63) is 77.9 Å². The van der Waals surface area contributed by atoms with Gasteiger partial charge >= 0.3 is 0 Å². The quantitative estimate of drug-likeness (QED) is 0.654. The van der Waals surface area contributed by atoms with E-state index in [2.05, 4.69) is 27.6 Å². The zero-order chi connectivity index (χ0) is 18.2. The number of nitrogens with zero attached hydrogens (tertiary/aromatic N) is 3. The van der Waals surface area contributed by atoms with E-state index in [1.54, 1.807) is 24.5 Å². The van der Waals surface area contributed by atoms with E-state index >= 15 is 0 Å². The first kappa shape index (κ1) is 17.7. The van der Waals surface area contributed by atoms with Crippen LogP contribution in [0, 0.1) is 0 Å². The van der Waals surface area contributed by atoms with Crippen LogP contribution in [0.3, 0.4) is 0 Å². The molecule has 0 aliphatic carbocycles. The van der Waals surface area contributed by atoms with Crippen molar-refractivity contribution in [2.75, 3.05) is 0 Å². The average molecular weight is 350 g/mol. The van der Waals surface area contributed by atoms with Crippen molar-refractivity contribution < 1.29 is 9.90 Å². The predicted molar refractivity (Wildman–Crippen MR) is 98.4 cm³/mol. The first-order chi connectivity index (χ1) is 12.7. The number of aromatic hydroxyl groups is 1. The Hall–Kier alpha value is -3.15. The van der Waals surface area contributed by atoms with Gasteiger partial charge in [-0.15, -0.1) is 10.2 Å². The highest BCUT2D eigenvalue weighted by Gasteiger charge is 2.08. The fraction of sp³-hybridized carbons (Fsp3) is 0.250. The number of hydrogen-bond donors (Lipinski definition) is 2. The number of phenols is 1. The third kappa shape index (κ3) is 5.17. The molecular weight excluding hydrogens is 328 g/mol. The van der Waals surface area contributed by atoms with Gasteiger partial charge in [0, 0.05) is 13.0 Å². The summed E-state index contributed by atoms with van der Waals surface area (Å²) >= 11 is 0. The molecule has 6 nitrogen and oxygen atoms in total. The maximum Gasteiger partial charge on any atom is 0.220 e. The zero-order valence-corrected chi connectivity index (χ0v) is 14.5. The second-order valence-corrected chi connectivity index (χ2v) is 6.12. The summed E-state index contributed by atoms with van der Waals surface area (Å²) in [5.74, 6) is 0.909. The number of carbonyl (C=O) groups excluding carboxylic acids is 1. The minimum absolute atomic E-state index is 0.0500. The van der Waals surface area contributed by atoms with Crippen LogP contribution in [0.1, 0.15) is 23.4 Å². The van der Waals surface area contributed by atoms with E-state index < -0.39 is 0 Å². The lowest BCUT2D eigenvalue weighted by atomic mass is 10.1. The number of rotatable bonds is 8. The maximum atomic E-state index is 12.1. The predicted octanol–water partition coefficient (Wildman–Crippen LogP) is 2.48. The Bertz CT molecular complexity index is 846. The van der Waals surface area contributed by atoms with E-state index in [1.807, 2.05) is 28.8 Å². The summed E-state index contributed by atoms with van der Waals surface area (Å²) in [5, 5.41) is 20.4. The molecule has 3 aromatic rings. The smallest absolute Gasteiger partial charge is 0.220 e. The van der Waals surface area contributed by atoms with Crippen LogP contribution in [0.25, 0.3) is 0 Å². The highest BCUT2D eigenvalue weighted by molar-refractivity contribution is 5.76. The molecule has 0 spiro atoms. The van der Waals surface area contributed by atoms with E-state index in [9.17, 15) is 9.90 Å². The maximum absolute atomic E-state index is 12.1. The first-order valence-corrected chi connectivity index (χ1v) is 8.66. The molecule has 0 aliphatic heterocycles. The molecule has 0 unspecified atom stereocenters. The highest BCUT2D eigenvalue weighted by atomic mass is 16.3. The van der Waals surface area contributed by atoms with E-state index in [4.69, 9.17) is 0 Å². The van der Waals surface area contributed by atoms with Gasteiger partial charge in [0.1, 0.15) is 12.1 Å². The van der Waals surface area contributed by atoms with Crippen LogP contribution >= 0.6 is 0 Å². The van der Waals surface area contributed by atoms with Gasteiger partial charge in [0.2, 0.25) is 5.91 Å². The summed E-state index contributed by atoms with van der Waals surface area (Å²) in [6.07, 6.45) is 3.52. The molecule has 1 heterocycles. The molecule has 0 radical (unpaired) electrons. The Morgan fingerprint density at radius 3 is 2.65 bits per heavy atom. The monoisotopic (exact) mass is 350 g/mol. The topological polar surface area (TPSA) is 80.0 Å². The number of hydrogen-bond acceptors (Lipinski definition) is 4. The third-order valence-corrected chi connectivity index (χ3v) is 4.17. The van der Waals surface area contributed by atoms with Gasteiger partial charge in [0.05, 0.1) is 6.54 Å². The van der Waals surface area contributed by atoms with Crippen LogP contribution in [0.15, 0.2) is 60.9 Å². The summed E-state index contributed by atoms with van der Waals surface area (Å²) in [4.78, 5) is 12.1. The molecular formula is C20H22N4O2. The summed E-state index contributed by atoms with van der Waals surface area (Å²) < 4.78 is 1.96. The lowest BCUT2D eigenvalue weighted by molar-refractivity contribution is -0.121. The molecule has 0 saturated heterocycles. The summed E-state index contributed by atoms with van der Waals surface area (Å²) in [6, 6.07) is 17.2. The number of benzene rings is 2. The Morgan fingerprint density at radius 2 is 1.85 bits per heavy atom. The molecule has 3 rings (SSSR count). The largest absolute Gasteiger partial charge is 0.508 e. The van der Waals surface area contributed by atoms with Crippen LogP contribution in [-0.4, -0.2) is 25.8 Å². The number of nitrogens with one attached hydrogen (secondary N) is 1. The van der Waals surface area contributed by atoms with E-state index in [0.29, 0.717) is 19.4 Å². The molecule has 0 bridgehead atoms. The number of aryl methyl sites for hydroxylation is 3. The van der Waals surface area contributed by atoms with Crippen molar-refractivity contribution in [1.29, 1.82) is 0 Å². The Kier molecular flexibility index (Phi) is 5.98. The molecule has 1 aromatic heterocycles. The van der Waals surface area contributed by atoms with Gasteiger partial charge in [0.25, 0.3) is 0 Å². The highest BCUT2D eigenvalue weighted by Crippen LogP contribution is 2.12. The minimum Gasteiger partial charge on any atom is -0.508 e. The Balaban J connectivity index is 1.46. The minimum atomic E-state index is -0.0500. The van der Waals surface area contributed by atoms with Gasteiger partial charge < -0.3 is 15.0 Å². The fourth-order valence-corrected chi connectivity index (χ4v) is 2.73. The van der Waals surface area contributed by atoms with Crippen molar-refractivity contribution >= 4 is 5.91 Å². The van der Waals surface area contributed by atoms with Crippen LogP contribution in [0.2, 0.25) is 0 Å². The fourth-order valence-electron chi connectivity index (χ4n) is 2.73. The van der Waals surface area contributed by atoms with E-state index in [-0.39, 0.29) is 11.7 Å². The normalized spacial score (nSPS) is 10.6. The van der Waals surface area contributed by atoms with Crippen molar-refractivity contribution in [1.82, 2.24) is 20.1 Å². The molecule has 2 aromatic carbocycles. The second kappa shape index (κ2) is 8.80. The summed E-state index contributed by atoms with van der Waals surface area (Å²) in [6.45, 7) is 1.12. The van der Waals surface area contributed by atoms with Gasteiger partial charge in [-0.25, -0.2) is 0 Å².